The number of likely N-dealkylation sites (N-methyl/N-ethyl adjacent to an activating group) is 1. The van der Waals surface area contributed by atoms with Gasteiger partial charge in [-0.25, -0.2) is 0 Å². The van der Waals surface area contributed by atoms with Crippen LogP contribution < -0.4 is 9.47 Å². The summed E-state index contributed by atoms with van der Waals surface area (Å²) in [7, 11) is 5.37. The average Bonchev–Trinajstić information content (AvgIpc) is 3.06. The van der Waals surface area contributed by atoms with E-state index in [4.69, 9.17) is 9.47 Å². The average molecular weight is 451 g/mol. The van der Waals surface area contributed by atoms with Gasteiger partial charge in [0.05, 0.1) is 18.7 Å². The summed E-state index contributed by atoms with van der Waals surface area (Å²) in [5.41, 5.74) is 2.05. The summed E-state index contributed by atoms with van der Waals surface area (Å²) < 4.78 is 10.8. The van der Waals surface area contributed by atoms with Gasteiger partial charge >= 0.3 is 0 Å². The van der Waals surface area contributed by atoms with Crippen LogP contribution in [0.3, 0.4) is 0 Å². The van der Waals surface area contributed by atoms with E-state index in [1.807, 2.05) is 38.1 Å². The summed E-state index contributed by atoms with van der Waals surface area (Å²) in [5.74, 6) is -0.208. The predicted molar refractivity (Wildman–Crippen MR) is 127 cm³/mol. The number of Topliss-reactive ketones (excluding diaryl/α,β-unsaturated/α-hetero) is 1. The first-order valence-corrected chi connectivity index (χ1v) is 10.7. The zero-order chi connectivity index (χ0) is 24.1. The van der Waals surface area contributed by atoms with E-state index in [-0.39, 0.29) is 11.3 Å². The zero-order valence-corrected chi connectivity index (χ0v) is 19.5. The Morgan fingerprint density at radius 3 is 2.45 bits per heavy atom. The molecule has 0 aliphatic carbocycles. The Balaban J connectivity index is 2.10. The highest BCUT2D eigenvalue weighted by atomic mass is 16.5. The second-order valence-electron chi connectivity index (χ2n) is 8.15. The molecule has 33 heavy (non-hydrogen) atoms. The Bertz CT molecular complexity index is 1070. The molecule has 7 heteroatoms. The number of hydrogen-bond acceptors (Lipinski definition) is 6. The summed E-state index contributed by atoms with van der Waals surface area (Å²) in [6, 6.07) is 11.6. The van der Waals surface area contributed by atoms with Gasteiger partial charge in [0.15, 0.2) is 0 Å². The summed E-state index contributed by atoms with van der Waals surface area (Å²) in [5, 5.41) is 11.2. The Morgan fingerprint density at radius 1 is 1.18 bits per heavy atom. The van der Waals surface area contributed by atoms with Crippen molar-refractivity contribution in [3.05, 3.63) is 77.4 Å². The third-order valence-corrected chi connectivity index (χ3v) is 5.56. The van der Waals surface area contributed by atoms with Gasteiger partial charge in [-0.2, -0.15) is 0 Å². The van der Waals surface area contributed by atoms with Gasteiger partial charge in [-0.15, -0.1) is 0 Å². The maximum atomic E-state index is 13.1. The van der Waals surface area contributed by atoms with Gasteiger partial charge in [0.25, 0.3) is 11.7 Å². The second kappa shape index (κ2) is 10.4. The number of carbonyl (C=O) groups is 2. The van der Waals surface area contributed by atoms with Crippen LogP contribution >= 0.6 is 0 Å². The molecular weight excluding hydrogens is 420 g/mol. The standard InChI is InChI=1S/C26H30N2O5/c1-6-15-33-20-10-7-18(8-11-20)23-22(25(30)26(31)28(23)14-13-27(3)4)24(29)19-9-12-21(32-5)17(2)16-19/h6-12,16,23,29H,1,13-15H2,2-5H3. The third kappa shape index (κ3) is 5.09. The Morgan fingerprint density at radius 2 is 1.88 bits per heavy atom. The SMILES string of the molecule is C=CCOc1ccc(C2C(=C(O)c3ccc(OC)c(C)c3)C(=O)C(=O)N2CCN(C)C)cc1. The smallest absolute Gasteiger partial charge is 0.295 e. The number of nitrogens with zero attached hydrogens (tertiary/aromatic N) is 2. The van der Waals surface area contributed by atoms with Gasteiger partial charge in [0.2, 0.25) is 0 Å². The van der Waals surface area contributed by atoms with Gasteiger partial charge < -0.3 is 24.4 Å². The lowest BCUT2D eigenvalue weighted by Gasteiger charge is -2.26. The van der Waals surface area contributed by atoms with Crippen LogP contribution in [-0.2, 0) is 9.59 Å². The lowest BCUT2D eigenvalue weighted by Crippen LogP contribution is -2.35. The lowest BCUT2D eigenvalue weighted by atomic mass is 9.94. The first-order valence-electron chi connectivity index (χ1n) is 10.7. The molecule has 1 unspecified atom stereocenters. The zero-order valence-electron chi connectivity index (χ0n) is 19.5. The molecule has 1 fully saturated rings. The number of hydrogen-bond donors (Lipinski definition) is 1. The molecule has 1 heterocycles. The van der Waals surface area contributed by atoms with Crippen molar-refractivity contribution < 1.29 is 24.2 Å². The van der Waals surface area contributed by atoms with Gasteiger partial charge in [-0.05, 0) is 62.5 Å². The molecule has 2 aromatic carbocycles. The van der Waals surface area contributed by atoms with Crippen LogP contribution in [0, 0.1) is 6.92 Å². The fraction of sp³-hybridized carbons (Fsp3) is 0.308. The largest absolute Gasteiger partial charge is 0.507 e. The van der Waals surface area contributed by atoms with Gasteiger partial charge in [0.1, 0.15) is 23.9 Å². The van der Waals surface area contributed by atoms with Crippen LogP contribution in [0.15, 0.2) is 60.7 Å². The molecule has 1 aliphatic heterocycles. The van der Waals surface area contributed by atoms with Crippen molar-refractivity contribution >= 4 is 17.4 Å². The van der Waals surface area contributed by atoms with E-state index in [0.717, 1.165) is 5.56 Å². The molecule has 0 radical (unpaired) electrons. The number of amides is 1. The van der Waals surface area contributed by atoms with Crippen LogP contribution in [0.5, 0.6) is 11.5 Å². The van der Waals surface area contributed by atoms with Crippen molar-refractivity contribution in [2.24, 2.45) is 0 Å². The molecule has 3 rings (SSSR count). The summed E-state index contributed by atoms with van der Waals surface area (Å²) in [6.45, 7) is 6.78. The van der Waals surface area contributed by atoms with Crippen molar-refractivity contribution in [3.8, 4) is 11.5 Å². The molecule has 2 aromatic rings. The quantitative estimate of drug-likeness (QED) is 0.272. The van der Waals surface area contributed by atoms with E-state index in [9.17, 15) is 14.7 Å². The molecule has 0 bridgehead atoms. The summed E-state index contributed by atoms with van der Waals surface area (Å²) in [4.78, 5) is 29.5. The van der Waals surface area contributed by atoms with Crippen LogP contribution in [0.4, 0.5) is 0 Å². The van der Waals surface area contributed by atoms with Crippen molar-refractivity contribution in [3.63, 3.8) is 0 Å². The highest BCUT2D eigenvalue weighted by molar-refractivity contribution is 6.46. The Kier molecular flexibility index (Phi) is 7.55. The number of likely N-dealkylation sites (tertiary alicyclic amines) is 1. The summed E-state index contributed by atoms with van der Waals surface area (Å²) in [6.07, 6.45) is 1.65. The minimum Gasteiger partial charge on any atom is -0.507 e. The molecule has 0 aromatic heterocycles. The highest BCUT2D eigenvalue weighted by Gasteiger charge is 2.45. The summed E-state index contributed by atoms with van der Waals surface area (Å²) >= 11 is 0. The van der Waals surface area contributed by atoms with Crippen molar-refractivity contribution in [1.29, 1.82) is 0 Å². The molecule has 1 saturated heterocycles. The topological polar surface area (TPSA) is 79.3 Å². The monoisotopic (exact) mass is 450 g/mol. The Labute approximate surface area is 194 Å². The first kappa shape index (κ1) is 24.1. The van der Waals surface area contributed by atoms with E-state index in [2.05, 4.69) is 6.58 Å². The lowest BCUT2D eigenvalue weighted by molar-refractivity contribution is -0.140. The van der Waals surface area contributed by atoms with Crippen molar-refractivity contribution in [2.75, 3.05) is 40.9 Å². The number of rotatable bonds is 9. The van der Waals surface area contributed by atoms with Crippen LogP contribution in [0.1, 0.15) is 22.7 Å². The number of methoxy groups -OCH3 is 1. The van der Waals surface area contributed by atoms with E-state index < -0.39 is 17.7 Å². The number of aliphatic hydroxyl groups excluding tert-OH is 1. The molecule has 174 valence electrons. The van der Waals surface area contributed by atoms with Crippen molar-refractivity contribution in [1.82, 2.24) is 9.80 Å². The van der Waals surface area contributed by atoms with E-state index in [0.29, 0.717) is 42.3 Å². The number of carbonyl (C=O) groups excluding carboxylic acids is 2. The van der Waals surface area contributed by atoms with Crippen molar-refractivity contribution in [2.45, 2.75) is 13.0 Å². The fourth-order valence-corrected chi connectivity index (χ4v) is 3.85. The second-order valence-corrected chi connectivity index (χ2v) is 8.15. The minimum absolute atomic E-state index is 0.0723. The predicted octanol–water partition coefficient (Wildman–Crippen LogP) is 3.55. The minimum atomic E-state index is -0.708. The number of aryl methyl sites for hydroxylation is 1. The molecule has 0 saturated carbocycles. The molecule has 1 atom stereocenters. The first-order chi connectivity index (χ1) is 15.8. The maximum Gasteiger partial charge on any atom is 0.295 e. The number of benzene rings is 2. The van der Waals surface area contributed by atoms with Crippen LogP contribution in [-0.4, -0.2) is 67.5 Å². The molecular formula is C26H30N2O5. The van der Waals surface area contributed by atoms with Gasteiger partial charge in [-0.3, -0.25) is 9.59 Å². The molecule has 1 N–H and O–H groups in total. The molecule has 0 spiro atoms. The molecule has 1 amide bonds. The number of ketones is 1. The van der Waals surface area contributed by atoms with Gasteiger partial charge in [-0.1, -0.05) is 24.8 Å². The normalized spacial score (nSPS) is 17.5. The number of aliphatic hydroxyl groups is 1. The third-order valence-electron chi connectivity index (χ3n) is 5.56. The van der Waals surface area contributed by atoms with Crippen LogP contribution in [0.25, 0.3) is 5.76 Å². The maximum absolute atomic E-state index is 13.1. The van der Waals surface area contributed by atoms with E-state index >= 15 is 0 Å². The van der Waals surface area contributed by atoms with Crippen LogP contribution in [0.2, 0.25) is 0 Å². The fourth-order valence-electron chi connectivity index (χ4n) is 3.85. The molecule has 1 aliphatic rings. The molecule has 7 nitrogen and oxygen atoms in total. The van der Waals surface area contributed by atoms with Gasteiger partial charge in [0, 0.05) is 18.7 Å². The van der Waals surface area contributed by atoms with E-state index in [1.165, 1.54) is 4.90 Å². The number of ether oxygens (including phenoxy) is 2. The Hall–Kier alpha value is -3.58. The van der Waals surface area contributed by atoms with E-state index in [1.54, 1.807) is 43.5 Å². The highest BCUT2D eigenvalue weighted by Crippen LogP contribution is 2.40.